The number of amides is 1. The number of fused-ring (bicyclic) bond motifs is 4. The van der Waals surface area contributed by atoms with Crippen molar-refractivity contribution in [1.29, 1.82) is 0 Å². The van der Waals surface area contributed by atoms with Gasteiger partial charge in [-0.25, -0.2) is 9.78 Å². The zero-order chi connectivity index (χ0) is 37.4. The molecule has 1 amide bonds. The number of anilines is 4. The summed E-state index contributed by atoms with van der Waals surface area (Å²) in [6.45, 7) is 7.55. The first-order valence-electron chi connectivity index (χ1n) is 18.7. The van der Waals surface area contributed by atoms with Crippen molar-refractivity contribution in [3.63, 3.8) is 0 Å². The molecule has 1 fully saturated rings. The van der Waals surface area contributed by atoms with E-state index in [1.165, 1.54) is 12.8 Å². The quantitative estimate of drug-likeness (QED) is 0.126. The van der Waals surface area contributed by atoms with Gasteiger partial charge < -0.3 is 29.3 Å². The van der Waals surface area contributed by atoms with Gasteiger partial charge in [0, 0.05) is 42.3 Å². The number of carbonyl (C=O) groups is 1. The van der Waals surface area contributed by atoms with Crippen LogP contribution in [0.4, 0.5) is 27.7 Å². The summed E-state index contributed by atoms with van der Waals surface area (Å²) in [5.41, 5.74) is 7.97. The van der Waals surface area contributed by atoms with Crippen LogP contribution in [0.1, 0.15) is 74.8 Å². The van der Waals surface area contributed by atoms with E-state index in [-0.39, 0.29) is 6.04 Å². The van der Waals surface area contributed by atoms with Crippen LogP contribution in [0, 0.1) is 5.92 Å². The molecule has 0 saturated heterocycles. The second kappa shape index (κ2) is 14.6. The highest BCUT2D eigenvalue weighted by Crippen LogP contribution is 2.52. The Morgan fingerprint density at radius 1 is 0.926 bits per heavy atom. The summed E-state index contributed by atoms with van der Waals surface area (Å²) in [5, 5.41) is 9.85. The summed E-state index contributed by atoms with van der Waals surface area (Å²) in [7, 11) is 3.38. The second-order valence-electron chi connectivity index (χ2n) is 15.4. The zero-order valence-corrected chi connectivity index (χ0v) is 31.6. The SMILES string of the molecule is COc1ccc(CN(Cc2ccc(OC)cc2)c2cc(C3=NOCC3)cc3c2C2=CC(=C3)N2c2cc(C(CC3CC3)NC(=O)OC(C)(C)C)ccn2)cc1. The fraction of sp³-hybridized carbons (Fsp3) is 0.341. The largest absolute Gasteiger partial charge is 0.497 e. The maximum Gasteiger partial charge on any atom is 0.408 e. The van der Waals surface area contributed by atoms with E-state index in [0.717, 1.165) is 86.0 Å². The van der Waals surface area contributed by atoms with Crippen LogP contribution in [0.15, 0.2) is 96.3 Å². The predicted octanol–water partition coefficient (Wildman–Crippen LogP) is 9.73. The fourth-order valence-electron chi connectivity index (χ4n) is 7.33. The van der Waals surface area contributed by atoms with Gasteiger partial charge in [-0.3, -0.25) is 4.90 Å². The molecule has 0 spiro atoms. The average molecular weight is 726 g/mol. The van der Waals surface area contributed by atoms with Gasteiger partial charge in [0.05, 0.1) is 37.3 Å². The molecule has 3 heterocycles. The Morgan fingerprint density at radius 3 is 2.20 bits per heavy atom. The Balaban J connectivity index is 1.20. The minimum atomic E-state index is -0.581. The number of rotatable bonds is 13. The number of benzene rings is 4. The minimum Gasteiger partial charge on any atom is -0.497 e. The molecule has 278 valence electrons. The molecule has 2 bridgehead atoms. The van der Waals surface area contributed by atoms with Crippen molar-refractivity contribution in [3.05, 3.63) is 113 Å². The number of pyridine rings is 1. The molecular weight excluding hydrogens is 679 g/mol. The van der Waals surface area contributed by atoms with Gasteiger partial charge in [-0.05, 0) is 116 Å². The van der Waals surface area contributed by atoms with E-state index in [9.17, 15) is 4.79 Å². The van der Waals surface area contributed by atoms with Crippen LogP contribution in [-0.2, 0) is 22.7 Å². The summed E-state index contributed by atoms with van der Waals surface area (Å²) in [6.07, 6.45) is 5.43. The van der Waals surface area contributed by atoms with E-state index in [1.54, 1.807) is 14.2 Å². The molecule has 2 aliphatic heterocycles. The molecule has 1 aromatic heterocycles. The summed E-state index contributed by atoms with van der Waals surface area (Å²) >= 11 is 0. The second-order valence-corrected chi connectivity index (χ2v) is 15.4. The van der Waals surface area contributed by atoms with Gasteiger partial charge in [-0.15, -0.1) is 0 Å². The standard InChI is InChI=1S/C44H47N5O5/c1-44(2,3)54-43(50)46-38(20-28-6-7-28)31-16-18-45-41(24-31)49-34-22-33-21-32(37-17-19-53-47-37)23-39(42(33)40(49)25-34)48(26-29-8-12-35(51-4)13-9-29)27-30-10-14-36(52-5)15-11-30/h8-16,18,21-25,28,38H,6-7,17,19-20,26-27H2,1-5H3,(H,46,50). The maximum atomic E-state index is 13.0. The third-order valence-electron chi connectivity index (χ3n) is 10.2. The Morgan fingerprint density at radius 2 is 1.61 bits per heavy atom. The van der Waals surface area contributed by atoms with E-state index >= 15 is 0 Å². The molecule has 8 rings (SSSR count). The lowest BCUT2D eigenvalue weighted by molar-refractivity contribution is 0.0499. The number of oxime groups is 1. The molecule has 1 atom stereocenters. The van der Waals surface area contributed by atoms with Gasteiger partial charge in [-0.1, -0.05) is 42.3 Å². The van der Waals surface area contributed by atoms with Crippen molar-refractivity contribution in [2.45, 2.75) is 71.2 Å². The molecule has 1 saturated carbocycles. The Kier molecular flexibility index (Phi) is 9.52. The van der Waals surface area contributed by atoms with Crippen LogP contribution in [0.25, 0.3) is 10.8 Å². The zero-order valence-electron chi connectivity index (χ0n) is 31.6. The Hall–Kier alpha value is -5.77. The minimum absolute atomic E-state index is 0.178. The van der Waals surface area contributed by atoms with Crippen molar-refractivity contribution >= 4 is 45.5 Å². The fourth-order valence-corrected chi connectivity index (χ4v) is 7.33. The van der Waals surface area contributed by atoms with Gasteiger partial charge in [0.25, 0.3) is 0 Å². The number of hydrogen-bond donors (Lipinski definition) is 1. The molecule has 10 nitrogen and oxygen atoms in total. The van der Waals surface area contributed by atoms with Crippen molar-refractivity contribution in [1.82, 2.24) is 10.3 Å². The molecule has 5 aromatic rings. The van der Waals surface area contributed by atoms with Crippen LogP contribution in [0.3, 0.4) is 0 Å². The lowest BCUT2D eigenvalue weighted by Crippen LogP contribution is -2.35. The number of nitrogens with zero attached hydrogens (tertiary/aromatic N) is 4. The number of nitrogens with one attached hydrogen (secondary N) is 1. The lowest BCUT2D eigenvalue weighted by Gasteiger charge is -2.37. The monoisotopic (exact) mass is 725 g/mol. The number of alkyl carbamates (subject to hydrolysis) is 1. The highest BCUT2D eigenvalue weighted by atomic mass is 16.6. The molecule has 1 aliphatic carbocycles. The smallest absolute Gasteiger partial charge is 0.408 e. The van der Waals surface area contributed by atoms with E-state index in [1.807, 2.05) is 57.3 Å². The van der Waals surface area contributed by atoms with E-state index in [4.69, 9.17) is 24.0 Å². The van der Waals surface area contributed by atoms with Crippen LogP contribution in [-0.4, -0.2) is 43.2 Å². The first-order chi connectivity index (χ1) is 26.1. The number of ether oxygens (including phenoxy) is 3. The van der Waals surface area contributed by atoms with Crippen molar-refractivity contribution < 1.29 is 23.8 Å². The van der Waals surface area contributed by atoms with Crippen molar-refractivity contribution in [2.24, 2.45) is 11.1 Å². The average Bonchev–Trinajstić information content (AvgIpc) is 3.80. The van der Waals surface area contributed by atoms with Gasteiger partial charge in [0.1, 0.15) is 29.5 Å². The molecule has 1 unspecified atom stereocenters. The Bertz CT molecular complexity index is 2140. The number of hydrogen-bond acceptors (Lipinski definition) is 9. The molecule has 10 heteroatoms. The van der Waals surface area contributed by atoms with Crippen LogP contribution in [0.5, 0.6) is 11.5 Å². The first-order valence-corrected chi connectivity index (χ1v) is 18.7. The summed E-state index contributed by atoms with van der Waals surface area (Å²) in [6, 6.07) is 29.4. The van der Waals surface area contributed by atoms with Gasteiger partial charge >= 0.3 is 6.09 Å². The molecule has 54 heavy (non-hydrogen) atoms. The van der Waals surface area contributed by atoms with Crippen LogP contribution >= 0.6 is 0 Å². The molecule has 1 N–H and O–H groups in total. The van der Waals surface area contributed by atoms with E-state index < -0.39 is 11.7 Å². The third kappa shape index (κ3) is 7.64. The van der Waals surface area contributed by atoms with Gasteiger partial charge in [-0.2, -0.15) is 0 Å². The van der Waals surface area contributed by atoms with Crippen molar-refractivity contribution in [3.8, 4) is 11.5 Å². The summed E-state index contributed by atoms with van der Waals surface area (Å²) in [5.74, 6) is 3.05. The summed E-state index contributed by atoms with van der Waals surface area (Å²) in [4.78, 5) is 28.0. The normalized spacial score (nSPS) is 15.2. The Labute approximate surface area is 316 Å². The van der Waals surface area contributed by atoms with Crippen molar-refractivity contribution in [2.75, 3.05) is 30.6 Å². The number of aromatic nitrogens is 1. The maximum absolute atomic E-state index is 13.0. The predicted molar refractivity (Wildman–Crippen MR) is 212 cm³/mol. The number of methoxy groups -OCH3 is 2. The lowest BCUT2D eigenvalue weighted by atomic mass is 9.93. The number of carbonyl (C=O) groups excluding carboxylic acids is 1. The van der Waals surface area contributed by atoms with Crippen LogP contribution < -0.4 is 24.6 Å². The topological polar surface area (TPSA) is 97.8 Å². The molecular formula is C44H47N5O5. The van der Waals surface area contributed by atoms with Gasteiger partial charge in [0.2, 0.25) is 0 Å². The third-order valence-corrected chi connectivity index (χ3v) is 10.2. The van der Waals surface area contributed by atoms with Crippen LogP contribution in [0.2, 0.25) is 0 Å². The molecule has 4 aromatic carbocycles. The molecule has 3 aliphatic rings. The van der Waals surface area contributed by atoms with E-state index in [0.29, 0.717) is 25.6 Å². The summed E-state index contributed by atoms with van der Waals surface area (Å²) < 4.78 is 16.6. The van der Waals surface area contributed by atoms with E-state index in [2.05, 4.69) is 74.9 Å². The molecule has 0 radical (unpaired) electrons. The first kappa shape index (κ1) is 35.3. The highest BCUT2D eigenvalue weighted by Gasteiger charge is 2.32. The highest BCUT2D eigenvalue weighted by molar-refractivity contribution is 6.16. The van der Waals surface area contributed by atoms with Gasteiger partial charge in [0.15, 0.2) is 0 Å².